The maximum absolute atomic E-state index is 13.9. The molecule has 2 atom stereocenters. The molecular formula is C25H22N2O3S. The van der Waals surface area contributed by atoms with Crippen LogP contribution in [0.25, 0.3) is 0 Å². The number of benzene rings is 3. The molecule has 3 amide bonds. The maximum atomic E-state index is 13.9. The van der Waals surface area contributed by atoms with Crippen molar-refractivity contribution in [1.29, 1.82) is 0 Å². The first-order valence-electron chi connectivity index (χ1n) is 10.2. The number of carbonyl (C=O) groups excluding carboxylic acids is 2. The first-order valence-corrected chi connectivity index (χ1v) is 11.1. The molecule has 2 fully saturated rings. The van der Waals surface area contributed by atoms with E-state index in [0.29, 0.717) is 13.1 Å². The molecule has 0 N–H and O–H groups in total. The van der Waals surface area contributed by atoms with Gasteiger partial charge in [0.25, 0.3) is 5.91 Å². The van der Waals surface area contributed by atoms with Crippen LogP contribution in [0.1, 0.15) is 16.4 Å². The van der Waals surface area contributed by atoms with E-state index in [2.05, 4.69) is 0 Å². The molecule has 3 aromatic rings. The number of rotatable bonds is 5. The topological polar surface area (TPSA) is 49.9 Å². The molecule has 2 aliphatic heterocycles. The van der Waals surface area contributed by atoms with Crippen molar-refractivity contribution < 1.29 is 14.3 Å². The SMILES string of the molecule is COc1ccc([C@H]2S[C@@]2(C(=O)N2CCN(c3ccccc3)C2=O)c2ccccc2)cc1. The van der Waals surface area contributed by atoms with E-state index in [4.69, 9.17) is 4.74 Å². The van der Waals surface area contributed by atoms with Crippen LogP contribution >= 0.6 is 11.8 Å². The van der Waals surface area contributed by atoms with Crippen LogP contribution in [0.15, 0.2) is 84.9 Å². The van der Waals surface area contributed by atoms with Gasteiger partial charge in [-0.2, -0.15) is 0 Å². The molecule has 2 aliphatic rings. The second-order valence-corrected chi connectivity index (χ2v) is 8.95. The molecule has 156 valence electrons. The smallest absolute Gasteiger partial charge is 0.331 e. The second-order valence-electron chi connectivity index (χ2n) is 7.60. The zero-order chi connectivity index (χ0) is 21.4. The molecule has 0 aromatic heterocycles. The highest BCUT2D eigenvalue weighted by Crippen LogP contribution is 2.71. The van der Waals surface area contributed by atoms with Crippen LogP contribution in [-0.4, -0.2) is 37.0 Å². The monoisotopic (exact) mass is 430 g/mol. The van der Waals surface area contributed by atoms with E-state index in [1.807, 2.05) is 84.9 Å². The number of hydrogen-bond acceptors (Lipinski definition) is 4. The molecule has 5 rings (SSSR count). The summed E-state index contributed by atoms with van der Waals surface area (Å²) in [5.41, 5.74) is 2.79. The number of carbonyl (C=O) groups is 2. The number of methoxy groups -OCH3 is 1. The van der Waals surface area contributed by atoms with Crippen LogP contribution in [0.3, 0.4) is 0 Å². The lowest BCUT2D eigenvalue weighted by Crippen LogP contribution is -2.42. The van der Waals surface area contributed by atoms with Crippen molar-refractivity contribution in [1.82, 2.24) is 4.90 Å². The predicted octanol–water partition coefficient (Wildman–Crippen LogP) is 4.85. The van der Waals surface area contributed by atoms with Crippen LogP contribution in [0.2, 0.25) is 0 Å². The molecule has 0 saturated carbocycles. The van der Waals surface area contributed by atoms with Gasteiger partial charge in [0, 0.05) is 18.8 Å². The number of amides is 3. The van der Waals surface area contributed by atoms with Crippen LogP contribution in [0, 0.1) is 0 Å². The molecule has 2 saturated heterocycles. The molecule has 0 unspecified atom stereocenters. The fourth-order valence-electron chi connectivity index (χ4n) is 4.20. The Bertz CT molecular complexity index is 1100. The Kier molecular flexibility index (Phi) is 4.94. The van der Waals surface area contributed by atoms with Crippen molar-refractivity contribution in [3.8, 4) is 5.75 Å². The average Bonchev–Trinajstić information content (AvgIpc) is 3.48. The highest BCUT2D eigenvalue weighted by molar-refractivity contribution is 8.08. The van der Waals surface area contributed by atoms with Gasteiger partial charge >= 0.3 is 6.03 Å². The van der Waals surface area contributed by atoms with Crippen molar-refractivity contribution >= 4 is 29.4 Å². The largest absolute Gasteiger partial charge is 0.497 e. The van der Waals surface area contributed by atoms with Gasteiger partial charge < -0.3 is 4.74 Å². The van der Waals surface area contributed by atoms with Crippen LogP contribution in [-0.2, 0) is 9.54 Å². The Morgan fingerprint density at radius 3 is 2.23 bits per heavy atom. The van der Waals surface area contributed by atoms with Gasteiger partial charge in [-0.3, -0.25) is 14.6 Å². The van der Waals surface area contributed by atoms with Gasteiger partial charge in [-0.1, -0.05) is 60.7 Å². The van der Waals surface area contributed by atoms with Gasteiger partial charge in [-0.25, -0.2) is 4.79 Å². The Morgan fingerprint density at radius 2 is 1.58 bits per heavy atom. The number of para-hydroxylation sites is 1. The molecule has 6 heteroatoms. The number of anilines is 1. The summed E-state index contributed by atoms with van der Waals surface area (Å²) in [5.74, 6) is 0.632. The first kappa shape index (κ1) is 19.7. The molecular weight excluding hydrogens is 408 g/mol. The quantitative estimate of drug-likeness (QED) is 0.543. The zero-order valence-corrected chi connectivity index (χ0v) is 17.9. The normalized spacial score (nSPS) is 22.5. The number of thioether (sulfide) groups is 1. The summed E-state index contributed by atoms with van der Waals surface area (Å²) in [6, 6.07) is 26.8. The highest BCUT2D eigenvalue weighted by Gasteiger charge is 2.65. The van der Waals surface area contributed by atoms with Crippen molar-refractivity contribution in [3.05, 3.63) is 96.1 Å². The average molecular weight is 431 g/mol. The summed E-state index contributed by atoms with van der Waals surface area (Å²) in [6.07, 6.45) is 0. The van der Waals surface area contributed by atoms with Gasteiger partial charge in [-0.05, 0) is 35.4 Å². The Morgan fingerprint density at radius 1 is 0.935 bits per heavy atom. The summed E-state index contributed by atoms with van der Waals surface area (Å²) in [7, 11) is 1.64. The van der Waals surface area contributed by atoms with E-state index in [9.17, 15) is 9.59 Å². The second kappa shape index (κ2) is 7.78. The lowest BCUT2D eigenvalue weighted by molar-refractivity contribution is -0.129. The van der Waals surface area contributed by atoms with E-state index in [0.717, 1.165) is 22.6 Å². The van der Waals surface area contributed by atoms with Gasteiger partial charge in [0.05, 0.1) is 12.4 Å². The lowest BCUT2D eigenvalue weighted by Gasteiger charge is -2.23. The van der Waals surface area contributed by atoms with E-state index in [1.165, 1.54) is 4.90 Å². The summed E-state index contributed by atoms with van der Waals surface area (Å²) in [5, 5.41) is -0.0492. The third-order valence-corrected chi connectivity index (χ3v) is 7.50. The summed E-state index contributed by atoms with van der Waals surface area (Å²) >= 11 is 1.59. The molecule has 0 aliphatic carbocycles. The standard InChI is InChI=1S/C25H22N2O3S/c1-30-21-14-12-18(13-15-21)22-25(31-22,19-8-4-2-5-9-19)23(28)27-17-16-26(24(27)29)20-10-6-3-7-11-20/h2-15,22H,16-17H2,1H3/t22-,25+/m1/s1. The molecule has 5 nitrogen and oxygen atoms in total. The van der Waals surface area contributed by atoms with Crippen molar-refractivity contribution in [3.63, 3.8) is 0 Å². The predicted molar refractivity (Wildman–Crippen MR) is 122 cm³/mol. The minimum atomic E-state index is -0.793. The van der Waals surface area contributed by atoms with Crippen LogP contribution in [0.4, 0.5) is 10.5 Å². The van der Waals surface area contributed by atoms with Crippen molar-refractivity contribution in [2.75, 3.05) is 25.1 Å². The van der Waals surface area contributed by atoms with Crippen LogP contribution in [0.5, 0.6) is 5.75 Å². The Hall–Kier alpha value is -3.25. The first-order chi connectivity index (χ1) is 15.1. The number of nitrogens with zero attached hydrogens (tertiary/aromatic N) is 2. The minimum Gasteiger partial charge on any atom is -0.497 e. The number of urea groups is 1. The van der Waals surface area contributed by atoms with Crippen molar-refractivity contribution in [2.45, 2.75) is 10.00 Å². The summed E-state index contributed by atoms with van der Waals surface area (Å²) < 4.78 is 4.48. The van der Waals surface area contributed by atoms with E-state index in [1.54, 1.807) is 23.8 Å². The third-order valence-electron chi connectivity index (χ3n) is 5.88. The highest BCUT2D eigenvalue weighted by atomic mass is 32.2. The van der Waals surface area contributed by atoms with Gasteiger partial charge in [0.2, 0.25) is 0 Å². The molecule has 0 spiro atoms. The Balaban J connectivity index is 1.47. The fraction of sp³-hybridized carbons (Fsp3) is 0.200. The molecule has 31 heavy (non-hydrogen) atoms. The number of hydrogen-bond donors (Lipinski definition) is 0. The fourth-order valence-corrected chi connectivity index (χ4v) is 5.65. The van der Waals surface area contributed by atoms with E-state index < -0.39 is 4.75 Å². The molecule has 0 bridgehead atoms. The number of imide groups is 1. The number of ether oxygens (including phenoxy) is 1. The van der Waals surface area contributed by atoms with E-state index in [-0.39, 0.29) is 17.2 Å². The maximum Gasteiger partial charge on any atom is 0.331 e. The lowest BCUT2D eigenvalue weighted by atomic mass is 9.90. The summed E-state index contributed by atoms with van der Waals surface area (Å²) in [6.45, 7) is 0.883. The summed E-state index contributed by atoms with van der Waals surface area (Å²) in [4.78, 5) is 30.1. The molecule has 3 aromatic carbocycles. The Labute approximate surface area is 185 Å². The van der Waals surface area contributed by atoms with Gasteiger partial charge in [-0.15, -0.1) is 11.8 Å². The molecule has 2 heterocycles. The van der Waals surface area contributed by atoms with E-state index >= 15 is 0 Å². The third kappa shape index (κ3) is 3.27. The van der Waals surface area contributed by atoms with Crippen molar-refractivity contribution in [2.24, 2.45) is 0 Å². The van der Waals surface area contributed by atoms with Gasteiger partial charge in [0.15, 0.2) is 0 Å². The molecule has 0 radical (unpaired) electrons. The zero-order valence-electron chi connectivity index (χ0n) is 17.1. The minimum absolute atomic E-state index is 0.0492. The van der Waals surface area contributed by atoms with Crippen LogP contribution < -0.4 is 9.64 Å². The van der Waals surface area contributed by atoms with Gasteiger partial charge in [0.1, 0.15) is 10.5 Å².